The minimum atomic E-state index is -0.427. The largest absolute Gasteiger partial charge is 0.508 e. The lowest BCUT2D eigenvalue weighted by Crippen LogP contribution is -2.46. The van der Waals surface area contributed by atoms with Gasteiger partial charge in [-0.15, -0.1) is 0 Å². The summed E-state index contributed by atoms with van der Waals surface area (Å²) in [6.07, 6.45) is 1.24. The minimum absolute atomic E-state index is 0.0314. The molecule has 4 heteroatoms. The van der Waals surface area contributed by atoms with Gasteiger partial charge in [-0.1, -0.05) is 13.0 Å². The van der Waals surface area contributed by atoms with Crippen molar-refractivity contribution in [2.45, 2.75) is 39.2 Å². The monoisotopic (exact) mass is 251 g/mol. The third-order valence-electron chi connectivity index (χ3n) is 3.41. The molecule has 4 nitrogen and oxygen atoms in total. The summed E-state index contributed by atoms with van der Waals surface area (Å²) in [6.45, 7) is 5.60. The van der Waals surface area contributed by atoms with Crippen LogP contribution >= 0.6 is 0 Å². The number of benzene rings is 1. The van der Waals surface area contributed by atoms with Crippen molar-refractivity contribution in [3.8, 4) is 5.75 Å². The maximum atomic E-state index is 12.2. The number of phenolic OH excluding ortho intramolecular Hbond substituents is 1. The van der Waals surface area contributed by atoms with Gasteiger partial charge >= 0.3 is 0 Å². The number of amides is 1. The van der Waals surface area contributed by atoms with Crippen LogP contribution in [-0.4, -0.2) is 28.3 Å². The van der Waals surface area contributed by atoms with E-state index in [4.69, 9.17) is 5.11 Å². The molecule has 0 fully saturated rings. The summed E-state index contributed by atoms with van der Waals surface area (Å²) < 4.78 is 0. The number of carbonyl (C=O) groups is 1. The first kappa shape index (κ1) is 14.5. The SMILES string of the molecule is CCC(C)(CCO)NC(=O)c1cccc(O)c1C. The first-order valence-corrected chi connectivity index (χ1v) is 6.15. The second-order valence-electron chi connectivity index (χ2n) is 4.79. The molecule has 0 saturated carbocycles. The average molecular weight is 251 g/mol. The van der Waals surface area contributed by atoms with Crippen LogP contribution in [0.1, 0.15) is 42.6 Å². The Hall–Kier alpha value is -1.55. The molecular weight excluding hydrogens is 230 g/mol. The second-order valence-corrected chi connectivity index (χ2v) is 4.79. The lowest BCUT2D eigenvalue weighted by molar-refractivity contribution is 0.0885. The smallest absolute Gasteiger partial charge is 0.252 e. The molecule has 0 spiro atoms. The van der Waals surface area contributed by atoms with E-state index in [1.807, 2.05) is 13.8 Å². The molecule has 0 aliphatic carbocycles. The predicted octanol–water partition coefficient (Wildman–Crippen LogP) is 1.98. The zero-order valence-corrected chi connectivity index (χ0v) is 11.2. The summed E-state index contributed by atoms with van der Waals surface area (Å²) in [6, 6.07) is 4.88. The van der Waals surface area contributed by atoms with Crippen LogP contribution in [0.15, 0.2) is 18.2 Å². The molecule has 1 aromatic rings. The zero-order valence-electron chi connectivity index (χ0n) is 11.2. The van der Waals surface area contributed by atoms with Gasteiger partial charge in [0.1, 0.15) is 5.75 Å². The van der Waals surface area contributed by atoms with Crippen molar-refractivity contribution in [1.29, 1.82) is 0 Å². The number of phenols is 1. The van der Waals surface area contributed by atoms with Crippen LogP contribution in [0.4, 0.5) is 0 Å². The molecule has 0 aliphatic heterocycles. The van der Waals surface area contributed by atoms with E-state index in [0.717, 1.165) is 6.42 Å². The van der Waals surface area contributed by atoms with Crippen molar-refractivity contribution < 1.29 is 15.0 Å². The molecule has 1 amide bonds. The first-order chi connectivity index (χ1) is 8.43. The Morgan fingerprint density at radius 3 is 2.67 bits per heavy atom. The third-order valence-corrected chi connectivity index (χ3v) is 3.41. The maximum Gasteiger partial charge on any atom is 0.252 e. The molecule has 100 valence electrons. The van der Waals surface area contributed by atoms with Crippen molar-refractivity contribution in [2.24, 2.45) is 0 Å². The van der Waals surface area contributed by atoms with Crippen LogP contribution in [0.25, 0.3) is 0 Å². The molecule has 0 saturated heterocycles. The van der Waals surface area contributed by atoms with Crippen LogP contribution in [0.5, 0.6) is 5.75 Å². The Balaban J connectivity index is 2.91. The number of carbonyl (C=O) groups excluding carboxylic acids is 1. The van der Waals surface area contributed by atoms with E-state index in [2.05, 4.69) is 5.32 Å². The van der Waals surface area contributed by atoms with Gasteiger partial charge < -0.3 is 15.5 Å². The summed E-state index contributed by atoms with van der Waals surface area (Å²) in [7, 11) is 0. The summed E-state index contributed by atoms with van der Waals surface area (Å²) in [5, 5.41) is 21.5. The zero-order chi connectivity index (χ0) is 13.8. The fourth-order valence-electron chi connectivity index (χ4n) is 1.79. The van der Waals surface area contributed by atoms with Gasteiger partial charge in [0.05, 0.1) is 0 Å². The molecule has 0 bridgehead atoms. The second kappa shape index (κ2) is 5.87. The van der Waals surface area contributed by atoms with Crippen LogP contribution in [0, 0.1) is 6.92 Å². The Morgan fingerprint density at radius 1 is 1.44 bits per heavy atom. The molecule has 18 heavy (non-hydrogen) atoms. The molecule has 0 aliphatic rings. The number of aliphatic hydroxyl groups is 1. The summed E-state index contributed by atoms with van der Waals surface area (Å²) in [5.41, 5.74) is 0.606. The highest BCUT2D eigenvalue weighted by molar-refractivity contribution is 5.96. The normalized spacial score (nSPS) is 14.0. The van der Waals surface area contributed by atoms with Gasteiger partial charge in [-0.3, -0.25) is 4.79 Å². The van der Waals surface area contributed by atoms with Crippen LogP contribution in [0.2, 0.25) is 0 Å². The van der Waals surface area contributed by atoms with E-state index < -0.39 is 5.54 Å². The fourth-order valence-corrected chi connectivity index (χ4v) is 1.79. The van der Waals surface area contributed by atoms with Gasteiger partial charge in [0.2, 0.25) is 0 Å². The molecule has 1 rings (SSSR count). The number of hydrogen-bond acceptors (Lipinski definition) is 3. The molecule has 0 heterocycles. The van der Waals surface area contributed by atoms with Crippen molar-refractivity contribution in [2.75, 3.05) is 6.61 Å². The predicted molar refractivity (Wildman–Crippen MR) is 70.7 cm³/mol. The van der Waals surface area contributed by atoms with E-state index in [9.17, 15) is 9.90 Å². The standard InChI is InChI=1S/C14H21NO3/c1-4-14(3,8-9-16)15-13(18)11-6-5-7-12(17)10(11)2/h5-7,16-17H,4,8-9H2,1-3H3,(H,15,18). The summed E-state index contributed by atoms with van der Waals surface area (Å²) in [5.74, 6) is -0.107. The molecular formula is C14H21NO3. The van der Waals surface area contributed by atoms with Crippen LogP contribution in [-0.2, 0) is 0 Å². The minimum Gasteiger partial charge on any atom is -0.508 e. The van der Waals surface area contributed by atoms with Gasteiger partial charge in [0, 0.05) is 23.3 Å². The highest BCUT2D eigenvalue weighted by atomic mass is 16.3. The number of aliphatic hydroxyl groups excluding tert-OH is 1. The third kappa shape index (κ3) is 3.23. The Kier molecular flexibility index (Phi) is 4.73. The van der Waals surface area contributed by atoms with Crippen molar-refractivity contribution in [1.82, 2.24) is 5.32 Å². The van der Waals surface area contributed by atoms with Crippen LogP contribution in [0.3, 0.4) is 0 Å². The molecule has 1 aromatic carbocycles. The number of nitrogens with one attached hydrogen (secondary N) is 1. The van der Waals surface area contributed by atoms with Gasteiger partial charge in [-0.25, -0.2) is 0 Å². The number of rotatable bonds is 5. The van der Waals surface area contributed by atoms with Crippen molar-refractivity contribution in [3.63, 3.8) is 0 Å². The summed E-state index contributed by atoms with van der Waals surface area (Å²) >= 11 is 0. The molecule has 3 N–H and O–H groups in total. The molecule has 0 radical (unpaired) electrons. The highest BCUT2D eigenvalue weighted by Crippen LogP contribution is 2.21. The lowest BCUT2D eigenvalue weighted by atomic mass is 9.94. The van der Waals surface area contributed by atoms with Crippen LogP contribution < -0.4 is 5.32 Å². The van der Waals surface area contributed by atoms with Gasteiger partial charge in [-0.2, -0.15) is 0 Å². The van der Waals surface area contributed by atoms with E-state index in [-0.39, 0.29) is 18.3 Å². The Labute approximate surface area is 108 Å². The molecule has 1 unspecified atom stereocenters. The van der Waals surface area contributed by atoms with Crippen molar-refractivity contribution >= 4 is 5.91 Å². The molecule has 1 atom stereocenters. The average Bonchev–Trinajstić information content (AvgIpc) is 2.32. The van der Waals surface area contributed by atoms with E-state index in [0.29, 0.717) is 17.5 Å². The molecule has 0 aromatic heterocycles. The van der Waals surface area contributed by atoms with Gasteiger partial charge in [0.15, 0.2) is 0 Å². The van der Waals surface area contributed by atoms with E-state index >= 15 is 0 Å². The topological polar surface area (TPSA) is 69.6 Å². The Bertz CT molecular complexity index is 431. The Morgan fingerprint density at radius 2 is 2.11 bits per heavy atom. The maximum absolute atomic E-state index is 12.2. The lowest BCUT2D eigenvalue weighted by Gasteiger charge is -2.29. The van der Waals surface area contributed by atoms with E-state index in [1.54, 1.807) is 25.1 Å². The van der Waals surface area contributed by atoms with E-state index in [1.165, 1.54) is 0 Å². The summed E-state index contributed by atoms with van der Waals surface area (Å²) in [4.78, 5) is 12.2. The van der Waals surface area contributed by atoms with Crippen molar-refractivity contribution in [3.05, 3.63) is 29.3 Å². The quantitative estimate of drug-likeness (QED) is 0.749. The number of hydrogen-bond donors (Lipinski definition) is 3. The van der Waals surface area contributed by atoms with Gasteiger partial charge in [0.25, 0.3) is 5.91 Å². The fraction of sp³-hybridized carbons (Fsp3) is 0.500. The highest BCUT2D eigenvalue weighted by Gasteiger charge is 2.25. The number of aromatic hydroxyl groups is 1. The van der Waals surface area contributed by atoms with Gasteiger partial charge in [-0.05, 0) is 38.8 Å². The first-order valence-electron chi connectivity index (χ1n) is 6.15.